The summed E-state index contributed by atoms with van der Waals surface area (Å²) in [5.74, 6) is 0.370. The summed E-state index contributed by atoms with van der Waals surface area (Å²) in [5.41, 5.74) is 6.29. The topological polar surface area (TPSA) is 102 Å². The summed E-state index contributed by atoms with van der Waals surface area (Å²) in [7, 11) is -1.83. The largest absolute Gasteiger partial charge is 0.495 e. The molecule has 0 spiro atoms. The number of nitrogens with two attached hydrogens (primary N) is 1. The van der Waals surface area contributed by atoms with Gasteiger partial charge >= 0.3 is 0 Å². The highest BCUT2D eigenvalue weighted by atomic mass is 32.2. The van der Waals surface area contributed by atoms with Crippen LogP contribution >= 0.6 is 0 Å². The van der Waals surface area contributed by atoms with Crippen molar-refractivity contribution in [1.29, 1.82) is 0 Å². The molecule has 0 aromatic heterocycles. The van der Waals surface area contributed by atoms with Gasteiger partial charge in [0, 0.05) is 25.2 Å². The highest BCUT2D eigenvalue weighted by Crippen LogP contribution is 2.35. The lowest BCUT2D eigenvalue weighted by Gasteiger charge is -2.20. The molecule has 116 valence electrons. The van der Waals surface area contributed by atoms with Crippen LogP contribution in [-0.4, -0.2) is 40.3 Å². The summed E-state index contributed by atoms with van der Waals surface area (Å²) in [6.45, 7) is 0.675. The number of sulfonamides is 1. The highest BCUT2D eigenvalue weighted by molar-refractivity contribution is 7.93. The molecule has 1 aromatic rings. The maximum atomic E-state index is 12.0. The second-order valence-electron chi connectivity index (χ2n) is 4.72. The van der Waals surface area contributed by atoms with E-state index in [1.54, 1.807) is 18.2 Å². The van der Waals surface area contributed by atoms with Crippen LogP contribution in [0.1, 0.15) is 12.8 Å². The molecule has 1 aliphatic rings. The molecule has 8 heteroatoms. The van der Waals surface area contributed by atoms with Gasteiger partial charge in [-0.25, -0.2) is 8.42 Å². The van der Waals surface area contributed by atoms with E-state index in [2.05, 4.69) is 5.32 Å². The molecule has 7 nitrogen and oxygen atoms in total. The van der Waals surface area contributed by atoms with Gasteiger partial charge in [-0.05, 0) is 24.6 Å². The third-order valence-corrected chi connectivity index (χ3v) is 5.06. The van der Waals surface area contributed by atoms with Crippen molar-refractivity contribution in [3.05, 3.63) is 18.2 Å². The zero-order valence-electron chi connectivity index (χ0n) is 11.8. The van der Waals surface area contributed by atoms with Gasteiger partial charge in [-0.2, -0.15) is 0 Å². The second-order valence-corrected chi connectivity index (χ2v) is 6.73. The molecule has 3 N–H and O–H groups in total. The van der Waals surface area contributed by atoms with E-state index in [0.717, 1.165) is 0 Å². The number of carbonyl (C=O) groups is 1. The van der Waals surface area contributed by atoms with Crippen LogP contribution in [0.5, 0.6) is 5.75 Å². The van der Waals surface area contributed by atoms with Gasteiger partial charge in [-0.15, -0.1) is 0 Å². The molecule has 0 radical (unpaired) electrons. The Balaban J connectivity index is 2.32. The summed E-state index contributed by atoms with van der Waals surface area (Å²) in [4.78, 5) is 11.6. The average molecular weight is 313 g/mol. The maximum Gasteiger partial charge on any atom is 0.235 e. The molecule has 0 bridgehead atoms. The minimum atomic E-state index is -3.31. The lowest BCUT2D eigenvalue weighted by Crippen LogP contribution is -2.25. The normalized spacial score (nSPS) is 16.8. The van der Waals surface area contributed by atoms with E-state index in [1.165, 1.54) is 11.4 Å². The van der Waals surface area contributed by atoms with Crippen molar-refractivity contribution in [2.45, 2.75) is 12.8 Å². The standard InChI is InChI=1S/C13H19N3O4S/c1-20-12-4-3-10(15-13(17)5-6-14)9-11(12)16-7-2-8-21(16,18)19/h3-4,9H,2,5-8,14H2,1H3,(H,15,17). The predicted octanol–water partition coefficient (Wildman–Crippen LogP) is 0.522. The number of benzene rings is 1. The van der Waals surface area contributed by atoms with Gasteiger partial charge < -0.3 is 15.8 Å². The minimum Gasteiger partial charge on any atom is -0.495 e. The third kappa shape index (κ3) is 3.45. The number of nitrogens with one attached hydrogen (secondary N) is 1. The van der Waals surface area contributed by atoms with Gasteiger partial charge in [-0.1, -0.05) is 0 Å². The first-order valence-electron chi connectivity index (χ1n) is 6.66. The van der Waals surface area contributed by atoms with Crippen molar-refractivity contribution in [3.63, 3.8) is 0 Å². The molecule has 1 heterocycles. The van der Waals surface area contributed by atoms with Crippen LogP contribution in [0.2, 0.25) is 0 Å². The van der Waals surface area contributed by atoms with Crippen LogP contribution < -0.4 is 20.1 Å². The zero-order chi connectivity index (χ0) is 15.5. The number of hydrogen-bond acceptors (Lipinski definition) is 5. The smallest absolute Gasteiger partial charge is 0.235 e. The van der Waals surface area contributed by atoms with Crippen molar-refractivity contribution in [2.75, 3.05) is 35.6 Å². The number of hydrogen-bond donors (Lipinski definition) is 2. The molecule has 1 saturated heterocycles. The van der Waals surface area contributed by atoms with E-state index in [4.69, 9.17) is 10.5 Å². The summed E-state index contributed by atoms with van der Waals surface area (Å²) < 4.78 is 30.6. The second kappa shape index (κ2) is 6.31. The SMILES string of the molecule is COc1ccc(NC(=O)CCN)cc1N1CCCS1(=O)=O. The Hall–Kier alpha value is -1.80. The molecule has 0 unspecified atom stereocenters. The van der Waals surface area contributed by atoms with Crippen LogP contribution in [0.3, 0.4) is 0 Å². The Kier molecular flexibility index (Phi) is 4.69. The Morgan fingerprint density at radius 1 is 1.48 bits per heavy atom. The number of amides is 1. The summed E-state index contributed by atoms with van der Waals surface area (Å²) in [6, 6.07) is 4.91. The highest BCUT2D eigenvalue weighted by Gasteiger charge is 2.30. The van der Waals surface area contributed by atoms with Gasteiger partial charge in [0.2, 0.25) is 15.9 Å². The minimum absolute atomic E-state index is 0.125. The maximum absolute atomic E-state index is 12.0. The average Bonchev–Trinajstić information content (AvgIpc) is 2.78. The Labute approximate surface area is 124 Å². The van der Waals surface area contributed by atoms with E-state index in [0.29, 0.717) is 30.1 Å². The van der Waals surface area contributed by atoms with Crippen LogP contribution in [-0.2, 0) is 14.8 Å². The molecular weight excluding hydrogens is 294 g/mol. The number of anilines is 2. The molecule has 0 aliphatic carbocycles. The van der Waals surface area contributed by atoms with Crippen molar-refractivity contribution in [2.24, 2.45) is 5.73 Å². The molecule has 2 rings (SSSR count). The number of nitrogens with zero attached hydrogens (tertiary/aromatic N) is 1. The van der Waals surface area contributed by atoms with Crippen LogP contribution in [0.15, 0.2) is 18.2 Å². The molecule has 0 saturated carbocycles. The van der Waals surface area contributed by atoms with E-state index < -0.39 is 10.0 Å². The van der Waals surface area contributed by atoms with Gasteiger partial charge in [0.25, 0.3) is 0 Å². The van der Waals surface area contributed by atoms with E-state index in [9.17, 15) is 13.2 Å². The number of methoxy groups -OCH3 is 1. The van der Waals surface area contributed by atoms with Gasteiger partial charge in [-0.3, -0.25) is 9.10 Å². The number of ether oxygens (including phenoxy) is 1. The molecule has 21 heavy (non-hydrogen) atoms. The van der Waals surface area contributed by atoms with Crippen LogP contribution in [0.25, 0.3) is 0 Å². The lowest BCUT2D eigenvalue weighted by atomic mass is 10.2. The van der Waals surface area contributed by atoms with Gasteiger partial charge in [0.15, 0.2) is 0 Å². The fourth-order valence-corrected chi connectivity index (χ4v) is 3.79. The van der Waals surface area contributed by atoms with E-state index in [1.807, 2.05) is 0 Å². The van der Waals surface area contributed by atoms with Crippen LogP contribution in [0.4, 0.5) is 11.4 Å². The van der Waals surface area contributed by atoms with E-state index in [-0.39, 0.29) is 24.6 Å². The van der Waals surface area contributed by atoms with Crippen molar-refractivity contribution < 1.29 is 17.9 Å². The first kappa shape index (κ1) is 15.6. The summed E-state index contributed by atoms with van der Waals surface area (Å²) in [5, 5.41) is 2.69. The fourth-order valence-electron chi connectivity index (χ4n) is 2.23. The first-order chi connectivity index (χ1) is 9.97. The Bertz CT molecular complexity index is 630. The van der Waals surface area contributed by atoms with Gasteiger partial charge in [0.1, 0.15) is 5.75 Å². The molecule has 1 aromatic carbocycles. The predicted molar refractivity (Wildman–Crippen MR) is 81.0 cm³/mol. The monoisotopic (exact) mass is 313 g/mol. The van der Waals surface area contributed by atoms with Crippen LogP contribution in [0, 0.1) is 0 Å². The van der Waals surface area contributed by atoms with Gasteiger partial charge in [0.05, 0.1) is 18.6 Å². The quantitative estimate of drug-likeness (QED) is 0.825. The lowest BCUT2D eigenvalue weighted by molar-refractivity contribution is -0.116. The Morgan fingerprint density at radius 2 is 2.24 bits per heavy atom. The van der Waals surface area contributed by atoms with E-state index >= 15 is 0 Å². The molecule has 0 atom stereocenters. The molecule has 1 aliphatic heterocycles. The van der Waals surface area contributed by atoms with Crippen molar-refractivity contribution >= 4 is 27.3 Å². The molecular formula is C13H19N3O4S. The number of carbonyl (C=O) groups excluding carboxylic acids is 1. The zero-order valence-corrected chi connectivity index (χ0v) is 12.6. The molecule has 1 amide bonds. The molecule has 1 fully saturated rings. The third-order valence-electron chi connectivity index (χ3n) is 3.20. The summed E-state index contributed by atoms with van der Waals surface area (Å²) in [6.07, 6.45) is 0.790. The van der Waals surface area contributed by atoms with Crippen molar-refractivity contribution in [1.82, 2.24) is 0 Å². The first-order valence-corrected chi connectivity index (χ1v) is 8.27. The number of rotatable bonds is 5. The Morgan fingerprint density at radius 3 is 2.81 bits per heavy atom. The fraction of sp³-hybridized carbons (Fsp3) is 0.462. The van der Waals surface area contributed by atoms with Crippen molar-refractivity contribution in [3.8, 4) is 5.75 Å². The summed E-state index contributed by atoms with van der Waals surface area (Å²) >= 11 is 0.